The molecule has 0 radical (unpaired) electrons. The smallest absolute Gasteiger partial charge is 0.225 e. The fraction of sp³-hybridized carbons (Fsp3) is 0.933. The third kappa shape index (κ3) is 3.29. The van der Waals surface area contributed by atoms with E-state index >= 15 is 0 Å². The van der Waals surface area contributed by atoms with Crippen molar-refractivity contribution in [2.24, 2.45) is 11.3 Å². The molecule has 0 aromatic carbocycles. The van der Waals surface area contributed by atoms with Crippen molar-refractivity contribution in [3.8, 4) is 0 Å². The Balaban J connectivity index is 0.00000147. The van der Waals surface area contributed by atoms with Gasteiger partial charge in [0.05, 0.1) is 5.92 Å². The average molecular weight is 303 g/mol. The monoisotopic (exact) mass is 302 g/mol. The summed E-state index contributed by atoms with van der Waals surface area (Å²) >= 11 is 0. The van der Waals surface area contributed by atoms with Crippen molar-refractivity contribution in [1.29, 1.82) is 0 Å². The zero-order valence-electron chi connectivity index (χ0n) is 12.2. The van der Waals surface area contributed by atoms with Crippen LogP contribution in [0.15, 0.2) is 0 Å². The second-order valence-electron chi connectivity index (χ2n) is 6.50. The van der Waals surface area contributed by atoms with E-state index in [9.17, 15) is 4.79 Å². The van der Waals surface area contributed by atoms with Gasteiger partial charge in [-0.2, -0.15) is 0 Å². The Bertz CT molecular complexity index is 326. The van der Waals surface area contributed by atoms with Crippen LogP contribution in [0.5, 0.6) is 0 Å². The molecule has 2 N–H and O–H groups in total. The van der Waals surface area contributed by atoms with Crippen LogP contribution in [-0.4, -0.2) is 38.3 Å². The molecular weight excluding hydrogens is 276 g/mol. The number of amides is 1. The van der Waals surface area contributed by atoms with Crippen LogP contribution in [0.25, 0.3) is 0 Å². The van der Waals surface area contributed by atoms with Gasteiger partial charge in [-0.3, -0.25) is 4.79 Å². The molecule has 1 spiro atoms. The summed E-state index contributed by atoms with van der Waals surface area (Å²) in [5.41, 5.74) is 0.164. The van der Waals surface area contributed by atoms with Crippen LogP contribution in [-0.2, 0) is 9.53 Å². The Morgan fingerprint density at radius 1 is 1.15 bits per heavy atom. The molecule has 3 fully saturated rings. The Kier molecular flexibility index (Phi) is 5.70. The number of ether oxygens (including phenoxy) is 1. The van der Waals surface area contributed by atoms with E-state index in [0.29, 0.717) is 11.9 Å². The molecule has 1 aliphatic carbocycles. The lowest BCUT2D eigenvalue weighted by Gasteiger charge is -2.38. The van der Waals surface area contributed by atoms with Gasteiger partial charge in [-0.25, -0.2) is 0 Å². The molecule has 3 aliphatic rings. The van der Waals surface area contributed by atoms with Gasteiger partial charge in [-0.05, 0) is 31.1 Å². The fourth-order valence-corrected chi connectivity index (χ4v) is 4.03. The zero-order chi connectivity index (χ0) is 13.1. The first-order chi connectivity index (χ1) is 9.30. The maximum Gasteiger partial charge on any atom is 0.225 e. The predicted molar refractivity (Wildman–Crippen MR) is 81.1 cm³/mol. The van der Waals surface area contributed by atoms with E-state index in [4.69, 9.17) is 4.74 Å². The van der Waals surface area contributed by atoms with Crippen LogP contribution in [0.2, 0.25) is 0 Å². The van der Waals surface area contributed by atoms with Crippen LogP contribution in [0.3, 0.4) is 0 Å². The van der Waals surface area contributed by atoms with E-state index in [1.165, 1.54) is 32.1 Å². The fourth-order valence-electron chi connectivity index (χ4n) is 4.03. The van der Waals surface area contributed by atoms with Gasteiger partial charge in [-0.15, -0.1) is 12.4 Å². The zero-order valence-corrected chi connectivity index (χ0v) is 13.0. The van der Waals surface area contributed by atoms with E-state index in [-0.39, 0.29) is 23.7 Å². The minimum atomic E-state index is 0. The predicted octanol–water partition coefficient (Wildman–Crippen LogP) is 1.87. The summed E-state index contributed by atoms with van der Waals surface area (Å²) in [5, 5.41) is 6.75. The summed E-state index contributed by atoms with van der Waals surface area (Å²) in [7, 11) is 0. The van der Waals surface area contributed by atoms with Gasteiger partial charge in [-0.1, -0.05) is 19.3 Å². The Morgan fingerprint density at radius 2 is 1.85 bits per heavy atom. The highest BCUT2D eigenvalue weighted by atomic mass is 35.5. The van der Waals surface area contributed by atoms with Crippen molar-refractivity contribution >= 4 is 18.3 Å². The molecule has 1 amide bonds. The highest BCUT2D eigenvalue weighted by Crippen LogP contribution is 2.41. The normalized spacial score (nSPS) is 29.9. The standard InChI is InChI=1S/C15H26N2O2.ClH/c18-14(17-12-4-2-1-3-5-12)13-10-16-11-15(13)6-8-19-9-7-15;/h12-13,16H,1-11H2,(H,17,18);1H. The average Bonchev–Trinajstić information content (AvgIpc) is 2.84. The first kappa shape index (κ1) is 16.1. The van der Waals surface area contributed by atoms with E-state index in [1.807, 2.05) is 0 Å². The van der Waals surface area contributed by atoms with Gasteiger partial charge in [0.2, 0.25) is 5.91 Å². The van der Waals surface area contributed by atoms with Gasteiger partial charge >= 0.3 is 0 Å². The molecule has 116 valence electrons. The summed E-state index contributed by atoms with van der Waals surface area (Å²) in [6.45, 7) is 3.46. The molecule has 1 atom stereocenters. The second-order valence-corrected chi connectivity index (χ2v) is 6.50. The van der Waals surface area contributed by atoms with Crippen molar-refractivity contribution in [1.82, 2.24) is 10.6 Å². The lowest BCUT2D eigenvalue weighted by atomic mass is 9.71. The second kappa shape index (κ2) is 7.10. The van der Waals surface area contributed by atoms with Crippen molar-refractivity contribution in [3.63, 3.8) is 0 Å². The van der Waals surface area contributed by atoms with Crippen molar-refractivity contribution < 1.29 is 9.53 Å². The summed E-state index contributed by atoms with van der Waals surface area (Å²) in [4.78, 5) is 12.6. The number of carbonyl (C=O) groups is 1. The van der Waals surface area contributed by atoms with Gasteiger partial charge in [0.15, 0.2) is 0 Å². The molecular formula is C15H27ClN2O2. The topological polar surface area (TPSA) is 50.4 Å². The number of halogens is 1. The molecule has 2 saturated heterocycles. The van der Waals surface area contributed by atoms with Gasteiger partial charge in [0.25, 0.3) is 0 Å². The molecule has 1 saturated carbocycles. The summed E-state index contributed by atoms with van der Waals surface area (Å²) in [5.74, 6) is 0.442. The lowest BCUT2D eigenvalue weighted by Crippen LogP contribution is -2.47. The Hall–Kier alpha value is -0.320. The van der Waals surface area contributed by atoms with E-state index < -0.39 is 0 Å². The first-order valence-corrected chi connectivity index (χ1v) is 7.89. The number of hydrogen-bond acceptors (Lipinski definition) is 3. The molecule has 0 aromatic heterocycles. The SMILES string of the molecule is Cl.O=C(NC1CCCCC1)C1CNCC12CCOCC2. The van der Waals surface area contributed by atoms with Crippen molar-refractivity contribution in [3.05, 3.63) is 0 Å². The van der Waals surface area contributed by atoms with E-state index in [2.05, 4.69) is 10.6 Å². The van der Waals surface area contributed by atoms with Gasteiger partial charge in [0.1, 0.15) is 0 Å². The summed E-state index contributed by atoms with van der Waals surface area (Å²) in [6, 6.07) is 0.429. The molecule has 0 bridgehead atoms. The van der Waals surface area contributed by atoms with Crippen molar-refractivity contribution in [2.45, 2.75) is 51.0 Å². The lowest BCUT2D eigenvalue weighted by molar-refractivity contribution is -0.130. The molecule has 2 heterocycles. The molecule has 3 rings (SSSR count). The minimum absolute atomic E-state index is 0. The summed E-state index contributed by atoms with van der Waals surface area (Å²) in [6.07, 6.45) is 8.27. The number of rotatable bonds is 2. The highest BCUT2D eigenvalue weighted by molar-refractivity contribution is 5.85. The van der Waals surface area contributed by atoms with Crippen LogP contribution >= 0.6 is 12.4 Å². The minimum Gasteiger partial charge on any atom is -0.381 e. The molecule has 20 heavy (non-hydrogen) atoms. The van der Waals surface area contributed by atoms with Crippen LogP contribution < -0.4 is 10.6 Å². The van der Waals surface area contributed by atoms with Crippen LogP contribution in [0.1, 0.15) is 44.9 Å². The number of hydrogen-bond donors (Lipinski definition) is 2. The first-order valence-electron chi connectivity index (χ1n) is 7.89. The largest absolute Gasteiger partial charge is 0.381 e. The van der Waals surface area contributed by atoms with Crippen LogP contribution in [0, 0.1) is 11.3 Å². The molecule has 1 unspecified atom stereocenters. The Morgan fingerprint density at radius 3 is 2.55 bits per heavy atom. The highest BCUT2D eigenvalue weighted by Gasteiger charge is 2.47. The summed E-state index contributed by atoms with van der Waals surface area (Å²) < 4.78 is 5.47. The van der Waals surface area contributed by atoms with Crippen LogP contribution in [0.4, 0.5) is 0 Å². The van der Waals surface area contributed by atoms with E-state index in [1.54, 1.807) is 0 Å². The molecule has 4 nitrogen and oxygen atoms in total. The molecule has 5 heteroatoms. The third-order valence-electron chi connectivity index (χ3n) is 5.32. The van der Waals surface area contributed by atoms with Gasteiger partial charge < -0.3 is 15.4 Å². The van der Waals surface area contributed by atoms with Gasteiger partial charge in [0, 0.05) is 32.3 Å². The number of carbonyl (C=O) groups excluding carboxylic acids is 1. The number of nitrogens with one attached hydrogen (secondary N) is 2. The molecule has 0 aromatic rings. The third-order valence-corrected chi connectivity index (χ3v) is 5.32. The Labute approximate surface area is 127 Å². The molecule has 2 aliphatic heterocycles. The van der Waals surface area contributed by atoms with E-state index in [0.717, 1.165) is 39.1 Å². The maximum absolute atomic E-state index is 12.6. The van der Waals surface area contributed by atoms with Crippen molar-refractivity contribution in [2.75, 3.05) is 26.3 Å². The maximum atomic E-state index is 12.6. The quantitative estimate of drug-likeness (QED) is 0.819.